The van der Waals surface area contributed by atoms with Gasteiger partial charge in [0.1, 0.15) is 0 Å². The maximum Gasteiger partial charge on any atom is 0.170 e. The Bertz CT molecular complexity index is 592. The van der Waals surface area contributed by atoms with E-state index < -0.39 is 0 Å². The van der Waals surface area contributed by atoms with Crippen LogP contribution in [0, 0.1) is 10.5 Å². The second-order valence-electron chi connectivity index (χ2n) is 3.98. The third-order valence-corrected chi connectivity index (χ3v) is 3.24. The first-order valence-electron chi connectivity index (χ1n) is 5.35. The van der Waals surface area contributed by atoms with Crippen LogP contribution < -0.4 is 5.73 Å². The molecule has 0 atom stereocenters. The molecule has 0 saturated heterocycles. The van der Waals surface area contributed by atoms with Crippen molar-refractivity contribution >= 4 is 28.4 Å². The number of oxime groups is 1. The normalized spacial score (nSPS) is 11.8. The van der Waals surface area contributed by atoms with Crippen LogP contribution in [0.3, 0.4) is 0 Å². The van der Waals surface area contributed by atoms with Crippen molar-refractivity contribution in [3.8, 4) is 0 Å². The average Bonchev–Trinajstić information content (AvgIpc) is 2.76. The molecule has 0 aliphatic rings. The Labute approximate surface area is 118 Å². The van der Waals surface area contributed by atoms with E-state index in [1.807, 2.05) is 42.2 Å². The number of hydrogen-bond acceptors (Lipinski definition) is 3. The Hall–Kier alpha value is -1.57. The first-order valence-corrected chi connectivity index (χ1v) is 6.43. The molecule has 1 aromatic heterocycles. The maximum absolute atomic E-state index is 8.63. The number of amidine groups is 1. The van der Waals surface area contributed by atoms with Crippen molar-refractivity contribution in [3.63, 3.8) is 0 Å². The van der Waals surface area contributed by atoms with E-state index in [9.17, 15) is 0 Å². The Morgan fingerprint density at radius 1 is 1.56 bits per heavy atom. The Balaban J connectivity index is 2.25. The lowest BCUT2D eigenvalue weighted by Gasteiger charge is -2.08. The standard InChI is InChI=1S/C12H13IN4O/c1-8-4-9(12(14)16-18)2-3-10(8)6-17-7-11(13)5-15-17/h2-5,7,18H,6H2,1H3,(H2,14,16). The quantitative estimate of drug-likeness (QED) is 0.290. The average molecular weight is 356 g/mol. The van der Waals surface area contributed by atoms with E-state index >= 15 is 0 Å². The topological polar surface area (TPSA) is 76.4 Å². The Morgan fingerprint density at radius 3 is 2.89 bits per heavy atom. The summed E-state index contributed by atoms with van der Waals surface area (Å²) in [6.07, 6.45) is 3.80. The smallest absolute Gasteiger partial charge is 0.170 e. The molecule has 94 valence electrons. The van der Waals surface area contributed by atoms with Gasteiger partial charge >= 0.3 is 0 Å². The summed E-state index contributed by atoms with van der Waals surface area (Å²) in [4.78, 5) is 0. The van der Waals surface area contributed by atoms with Crippen LogP contribution in [0.4, 0.5) is 0 Å². The number of halogens is 1. The number of nitrogens with two attached hydrogens (primary N) is 1. The minimum absolute atomic E-state index is 0.123. The van der Waals surface area contributed by atoms with Crippen molar-refractivity contribution in [2.75, 3.05) is 0 Å². The van der Waals surface area contributed by atoms with Gasteiger partial charge in [-0.2, -0.15) is 5.10 Å². The molecule has 0 aliphatic heterocycles. The molecule has 1 heterocycles. The minimum Gasteiger partial charge on any atom is -0.409 e. The minimum atomic E-state index is 0.123. The predicted molar refractivity (Wildman–Crippen MR) is 77.7 cm³/mol. The molecule has 0 bridgehead atoms. The van der Waals surface area contributed by atoms with Crippen LogP contribution in [0.1, 0.15) is 16.7 Å². The molecule has 5 nitrogen and oxygen atoms in total. The second kappa shape index (κ2) is 5.38. The van der Waals surface area contributed by atoms with Gasteiger partial charge in [0.25, 0.3) is 0 Å². The molecule has 0 radical (unpaired) electrons. The maximum atomic E-state index is 8.63. The van der Waals surface area contributed by atoms with E-state index in [-0.39, 0.29) is 5.84 Å². The van der Waals surface area contributed by atoms with Crippen molar-refractivity contribution in [3.05, 3.63) is 50.9 Å². The fraction of sp³-hybridized carbons (Fsp3) is 0.167. The van der Waals surface area contributed by atoms with Crippen LogP contribution in [0.2, 0.25) is 0 Å². The highest BCUT2D eigenvalue weighted by Crippen LogP contribution is 2.13. The van der Waals surface area contributed by atoms with Crippen molar-refractivity contribution in [2.45, 2.75) is 13.5 Å². The van der Waals surface area contributed by atoms with E-state index in [4.69, 9.17) is 10.9 Å². The number of hydrogen-bond donors (Lipinski definition) is 2. The molecule has 0 fully saturated rings. The van der Waals surface area contributed by atoms with Crippen LogP contribution in [-0.2, 0) is 6.54 Å². The molecule has 2 rings (SSSR count). The van der Waals surface area contributed by atoms with Crippen LogP contribution in [0.15, 0.2) is 35.7 Å². The molecule has 3 N–H and O–H groups in total. The van der Waals surface area contributed by atoms with Gasteiger partial charge in [-0.05, 0) is 46.7 Å². The lowest BCUT2D eigenvalue weighted by atomic mass is 10.0. The van der Waals surface area contributed by atoms with Gasteiger partial charge in [-0.3, -0.25) is 4.68 Å². The largest absolute Gasteiger partial charge is 0.409 e. The number of aryl methyl sites for hydroxylation is 1. The monoisotopic (exact) mass is 356 g/mol. The number of benzene rings is 1. The van der Waals surface area contributed by atoms with Crippen molar-refractivity contribution in [2.24, 2.45) is 10.9 Å². The fourth-order valence-electron chi connectivity index (χ4n) is 1.69. The fourth-order valence-corrected chi connectivity index (χ4v) is 2.14. The van der Waals surface area contributed by atoms with Crippen LogP contribution in [-0.4, -0.2) is 20.8 Å². The molecule has 18 heavy (non-hydrogen) atoms. The number of rotatable bonds is 3. The molecule has 0 spiro atoms. The molecule has 0 unspecified atom stereocenters. The molecule has 0 aliphatic carbocycles. The van der Waals surface area contributed by atoms with Crippen molar-refractivity contribution in [1.82, 2.24) is 9.78 Å². The van der Waals surface area contributed by atoms with Gasteiger partial charge in [0.05, 0.1) is 16.3 Å². The van der Waals surface area contributed by atoms with Crippen molar-refractivity contribution < 1.29 is 5.21 Å². The summed E-state index contributed by atoms with van der Waals surface area (Å²) in [6.45, 7) is 2.71. The van der Waals surface area contributed by atoms with Gasteiger partial charge in [-0.25, -0.2) is 0 Å². The van der Waals surface area contributed by atoms with E-state index in [1.54, 1.807) is 0 Å². The SMILES string of the molecule is Cc1cc(/C(N)=N/O)ccc1Cn1cc(I)cn1. The third kappa shape index (κ3) is 2.81. The van der Waals surface area contributed by atoms with E-state index in [0.29, 0.717) is 12.1 Å². The van der Waals surface area contributed by atoms with Crippen LogP contribution >= 0.6 is 22.6 Å². The van der Waals surface area contributed by atoms with Crippen molar-refractivity contribution in [1.29, 1.82) is 0 Å². The summed E-state index contributed by atoms with van der Waals surface area (Å²) >= 11 is 2.23. The number of nitrogens with zero attached hydrogens (tertiary/aromatic N) is 3. The lowest BCUT2D eigenvalue weighted by molar-refractivity contribution is 0.318. The molecule has 2 aromatic rings. The summed E-state index contributed by atoms with van der Waals surface area (Å²) in [5.41, 5.74) is 8.51. The molecular weight excluding hydrogens is 343 g/mol. The zero-order valence-electron chi connectivity index (χ0n) is 9.84. The Kier molecular flexibility index (Phi) is 3.85. The van der Waals surface area contributed by atoms with Gasteiger partial charge in [0.15, 0.2) is 5.84 Å². The van der Waals surface area contributed by atoms with Gasteiger partial charge in [-0.1, -0.05) is 17.3 Å². The summed E-state index contributed by atoms with van der Waals surface area (Å²) in [5.74, 6) is 0.123. The summed E-state index contributed by atoms with van der Waals surface area (Å²) in [5, 5.41) is 15.9. The highest BCUT2D eigenvalue weighted by molar-refractivity contribution is 14.1. The highest BCUT2D eigenvalue weighted by atomic mass is 127. The van der Waals surface area contributed by atoms with Gasteiger partial charge in [0.2, 0.25) is 0 Å². The Morgan fingerprint density at radius 2 is 2.33 bits per heavy atom. The summed E-state index contributed by atoms with van der Waals surface area (Å²) < 4.78 is 2.99. The second-order valence-corrected chi connectivity index (χ2v) is 5.23. The van der Waals surface area contributed by atoms with Gasteiger partial charge in [-0.15, -0.1) is 0 Å². The first kappa shape index (κ1) is 12.9. The zero-order chi connectivity index (χ0) is 13.1. The predicted octanol–water partition coefficient (Wildman–Crippen LogP) is 1.94. The molecule has 0 saturated carbocycles. The van der Waals surface area contributed by atoms with Gasteiger partial charge in [0, 0.05) is 11.8 Å². The van der Waals surface area contributed by atoms with E-state index in [1.165, 1.54) is 0 Å². The zero-order valence-corrected chi connectivity index (χ0v) is 12.0. The third-order valence-electron chi connectivity index (χ3n) is 2.68. The van der Waals surface area contributed by atoms with Crippen LogP contribution in [0.25, 0.3) is 0 Å². The number of aromatic nitrogens is 2. The van der Waals surface area contributed by atoms with Gasteiger partial charge < -0.3 is 10.9 Å². The highest BCUT2D eigenvalue weighted by Gasteiger charge is 2.05. The van der Waals surface area contributed by atoms with E-state index in [0.717, 1.165) is 14.7 Å². The summed E-state index contributed by atoms with van der Waals surface area (Å²) in [6, 6.07) is 5.71. The lowest BCUT2D eigenvalue weighted by Crippen LogP contribution is -2.13. The summed E-state index contributed by atoms with van der Waals surface area (Å²) in [7, 11) is 0. The molecular formula is C12H13IN4O. The van der Waals surface area contributed by atoms with E-state index in [2.05, 4.69) is 32.8 Å². The molecule has 1 aromatic carbocycles. The molecule has 6 heteroatoms. The first-order chi connectivity index (χ1) is 8.60. The molecule has 0 amide bonds. The van der Waals surface area contributed by atoms with Crippen LogP contribution in [0.5, 0.6) is 0 Å².